The van der Waals surface area contributed by atoms with Crippen LogP contribution in [0.2, 0.25) is 0 Å². The summed E-state index contributed by atoms with van der Waals surface area (Å²) in [7, 11) is 0. The number of rotatable bonds is 0. The van der Waals surface area contributed by atoms with Gasteiger partial charge in [-0.05, 0) is 11.0 Å². The molecule has 0 unspecified atom stereocenters. The Hall–Kier alpha value is 1.01. The fraction of sp³-hybridized carbons (Fsp3) is 0. The van der Waals surface area contributed by atoms with E-state index in [4.69, 9.17) is 0 Å². The van der Waals surface area contributed by atoms with Crippen molar-refractivity contribution in [2.24, 2.45) is 0 Å². The van der Waals surface area contributed by atoms with Crippen molar-refractivity contribution >= 4 is 11.0 Å². The second-order valence-electron chi connectivity index (χ2n) is 0. The summed E-state index contributed by atoms with van der Waals surface area (Å²) in [5.41, 5.74) is 0. The minimum absolute atomic E-state index is 0. The summed E-state index contributed by atoms with van der Waals surface area (Å²) < 4.78 is 0. The third kappa shape index (κ3) is 11.9. The first-order chi connectivity index (χ1) is 0. The van der Waals surface area contributed by atoms with E-state index in [1.165, 1.54) is 0 Å². The van der Waals surface area contributed by atoms with Gasteiger partial charge in [0.2, 0.25) is 0 Å². The van der Waals surface area contributed by atoms with Crippen molar-refractivity contribution in [3.63, 3.8) is 0 Å². The van der Waals surface area contributed by atoms with E-state index in [9.17, 15) is 0 Å². The Kier molecular flexibility index (Phi) is 708. The van der Waals surface area contributed by atoms with Gasteiger partial charge in [-0.3, -0.25) is 0 Å². The molecule has 4 heavy (non-hydrogen) atoms. The topological polar surface area (TPSA) is 66.5 Å². The smallest absolute Gasteiger partial charge is 0 e. The Morgan fingerprint density at radius 1 is 1.00 bits per heavy atom. The van der Waals surface area contributed by atoms with Gasteiger partial charge in [-0.25, -0.2) is 0 Å². The maximum Gasteiger partial charge on any atom is 0 e. The summed E-state index contributed by atoms with van der Waals surface area (Å²) in [5.74, 6) is 0. The fourth-order valence-electron chi connectivity index (χ4n) is 0. The normalized spacial score (nSPS) is 0. The van der Waals surface area contributed by atoms with Crippen molar-refractivity contribution in [2.45, 2.75) is 0 Å². The van der Waals surface area contributed by atoms with E-state index < -0.39 is 0 Å². The van der Waals surface area contributed by atoms with Crippen LogP contribution in [-0.4, -0.2) is 16.4 Å². The third-order valence-corrected chi connectivity index (χ3v) is 0. The second kappa shape index (κ2) is 35.7. The summed E-state index contributed by atoms with van der Waals surface area (Å²) in [6, 6.07) is 0. The standard InChI is InChI=1S/Hf.H3N.H2O.H4Si/h;1H3;1H2;1H4. The van der Waals surface area contributed by atoms with Gasteiger partial charge in [-0.15, -0.1) is 0 Å². The van der Waals surface area contributed by atoms with Crippen LogP contribution in [0.4, 0.5) is 0 Å². The van der Waals surface area contributed by atoms with Gasteiger partial charge in [0, 0.05) is 25.8 Å². The monoisotopic (exact) mass is 247 g/mol. The summed E-state index contributed by atoms with van der Waals surface area (Å²) in [6.07, 6.45) is 0. The molecular formula is H9HfNOSi. The fourth-order valence-corrected chi connectivity index (χ4v) is 0. The van der Waals surface area contributed by atoms with Gasteiger partial charge in [-0.1, -0.05) is 0 Å². The van der Waals surface area contributed by atoms with Crippen molar-refractivity contribution < 1.29 is 31.3 Å². The van der Waals surface area contributed by atoms with E-state index in [0.29, 0.717) is 0 Å². The Bertz CT molecular complexity index is 8.00. The van der Waals surface area contributed by atoms with Gasteiger partial charge >= 0.3 is 0 Å². The predicted octanol–water partition coefficient (Wildman–Crippen LogP) is -2.12. The zero-order valence-corrected chi connectivity index (χ0v) is 5.30. The zero-order chi connectivity index (χ0) is 0. The molecule has 0 heterocycles. The molecule has 0 rings (SSSR count). The van der Waals surface area contributed by atoms with Crippen molar-refractivity contribution in [3.8, 4) is 0 Å². The molecule has 4 heteroatoms. The van der Waals surface area contributed by atoms with Crippen molar-refractivity contribution in [1.29, 1.82) is 0 Å². The molecular weight excluding hydrogens is 237 g/mol. The Labute approximate surface area is 48.7 Å². The van der Waals surface area contributed by atoms with E-state index in [2.05, 4.69) is 0 Å². The average molecular weight is 246 g/mol. The van der Waals surface area contributed by atoms with Gasteiger partial charge in [0.25, 0.3) is 0 Å². The second-order valence-corrected chi connectivity index (χ2v) is 0. The molecule has 28 valence electrons. The van der Waals surface area contributed by atoms with Gasteiger partial charge in [0.15, 0.2) is 0 Å². The van der Waals surface area contributed by atoms with E-state index in [1.807, 2.05) is 0 Å². The summed E-state index contributed by atoms with van der Waals surface area (Å²) in [4.78, 5) is 0. The predicted molar refractivity (Wildman–Crippen MR) is 20.0 cm³/mol. The van der Waals surface area contributed by atoms with Crippen molar-refractivity contribution in [3.05, 3.63) is 0 Å². The van der Waals surface area contributed by atoms with Crippen molar-refractivity contribution in [1.82, 2.24) is 6.15 Å². The molecule has 0 aliphatic heterocycles. The number of hydrogen-bond donors (Lipinski definition) is 1. The van der Waals surface area contributed by atoms with Crippen LogP contribution < -0.4 is 6.15 Å². The SMILES string of the molecule is N.O.[Hf].[SiH4]. The molecule has 0 amide bonds. The molecule has 0 aromatic carbocycles. The molecule has 0 radical (unpaired) electrons. The molecule has 0 fully saturated rings. The minimum atomic E-state index is 0. The maximum atomic E-state index is 0. The first kappa shape index (κ1) is 79.3. The molecule has 0 bridgehead atoms. The summed E-state index contributed by atoms with van der Waals surface area (Å²) >= 11 is 0. The molecule has 0 aliphatic rings. The van der Waals surface area contributed by atoms with Crippen LogP contribution in [0, 0.1) is 0 Å². The van der Waals surface area contributed by atoms with Crippen LogP contribution >= 0.6 is 0 Å². The number of hydrogen-bond acceptors (Lipinski definition) is 1. The first-order valence-corrected chi connectivity index (χ1v) is 0. The molecule has 5 N–H and O–H groups in total. The summed E-state index contributed by atoms with van der Waals surface area (Å²) in [6.45, 7) is 0. The minimum Gasteiger partial charge on any atom is -0.412 e. The molecule has 0 aliphatic carbocycles. The van der Waals surface area contributed by atoms with Gasteiger partial charge in [0.05, 0.1) is 0 Å². The first-order valence-electron chi connectivity index (χ1n) is 0. The molecule has 0 spiro atoms. The molecule has 2 nitrogen and oxygen atoms in total. The van der Waals surface area contributed by atoms with E-state index in [-0.39, 0.29) is 48.4 Å². The molecule has 0 aromatic rings. The molecule has 0 saturated heterocycles. The van der Waals surface area contributed by atoms with Crippen LogP contribution in [0.15, 0.2) is 0 Å². The van der Waals surface area contributed by atoms with Gasteiger partial charge in [0.1, 0.15) is 0 Å². The maximum absolute atomic E-state index is 0. The third-order valence-electron chi connectivity index (χ3n) is 0. The average Bonchev–Trinajstić information content (AvgIpc) is 0. The van der Waals surface area contributed by atoms with Crippen molar-refractivity contribution in [2.75, 3.05) is 0 Å². The molecule has 0 aromatic heterocycles. The van der Waals surface area contributed by atoms with Crippen LogP contribution in [0.3, 0.4) is 0 Å². The van der Waals surface area contributed by atoms with Crippen LogP contribution in [0.25, 0.3) is 0 Å². The van der Waals surface area contributed by atoms with E-state index in [0.717, 1.165) is 0 Å². The zero-order valence-electron chi connectivity index (χ0n) is 1.71. The Morgan fingerprint density at radius 2 is 1.00 bits per heavy atom. The molecule has 0 atom stereocenters. The van der Waals surface area contributed by atoms with E-state index >= 15 is 0 Å². The van der Waals surface area contributed by atoms with Crippen LogP contribution in [0.1, 0.15) is 0 Å². The van der Waals surface area contributed by atoms with Gasteiger partial charge < -0.3 is 11.6 Å². The van der Waals surface area contributed by atoms with E-state index in [1.54, 1.807) is 0 Å². The largest absolute Gasteiger partial charge is 0.412 e. The van der Waals surface area contributed by atoms with Crippen LogP contribution in [0.5, 0.6) is 0 Å². The van der Waals surface area contributed by atoms with Gasteiger partial charge in [-0.2, -0.15) is 0 Å². The Balaban J connectivity index is 0. The van der Waals surface area contributed by atoms with Crippen LogP contribution in [-0.2, 0) is 25.8 Å². The summed E-state index contributed by atoms with van der Waals surface area (Å²) in [5, 5.41) is 0. The quantitative estimate of drug-likeness (QED) is 0.488. The molecule has 0 saturated carbocycles. The Morgan fingerprint density at radius 3 is 1.00 bits per heavy atom.